The lowest BCUT2D eigenvalue weighted by Crippen LogP contribution is -2.40. The number of hydrogen-bond acceptors (Lipinski definition) is 5. The number of sulfonamides is 1. The molecule has 0 aliphatic rings. The van der Waals surface area contributed by atoms with Crippen LogP contribution in [0.3, 0.4) is 0 Å². The molecule has 0 aliphatic heterocycles. The second-order valence-corrected chi connectivity index (χ2v) is 12.3. The Morgan fingerprint density at radius 3 is 2.11 bits per heavy atom. The Labute approximate surface area is 211 Å². The molecule has 12 heteroatoms. The summed E-state index contributed by atoms with van der Waals surface area (Å²) >= 11 is 0. The molecule has 0 aromatic heterocycles. The third-order valence-electron chi connectivity index (χ3n) is 5.37. The number of halogens is 1. The van der Waals surface area contributed by atoms with Crippen LogP contribution in [0, 0.1) is 5.82 Å². The SMILES string of the molecule is CN(c1cccc(NC(=O)c2ccc(CN(c3ccccc3F)S(=O)(=O)N(C)C)cc2)c1)S(C)(=O)=O. The first-order chi connectivity index (χ1) is 16.8. The van der Waals surface area contributed by atoms with Crippen molar-refractivity contribution in [2.75, 3.05) is 41.3 Å². The summed E-state index contributed by atoms with van der Waals surface area (Å²) in [6.07, 6.45) is 1.08. The Morgan fingerprint density at radius 2 is 1.53 bits per heavy atom. The van der Waals surface area contributed by atoms with Crippen molar-refractivity contribution in [3.63, 3.8) is 0 Å². The van der Waals surface area contributed by atoms with Crippen molar-refractivity contribution in [2.45, 2.75) is 6.54 Å². The van der Waals surface area contributed by atoms with Gasteiger partial charge in [-0.25, -0.2) is 12.8 Å². The van der Waals surface area contributed by atoms with E-state index >= 15 is 0 Å². The first kappa shape index (κ1) is 27.1. The van der Waals surface area contributed by atoms with Crippen molar-refractivity contribution in [3.8, 4) is 0 Å². The molecule has 0 bridgehead atoms. The molecule has 0 radical (unpaired) electrons. The summed E-state index contributed by atoms with van der Waals surface area (Å²) in [6, 6.07) is 18.2. The highest BCUT2D eigenvalue weighted by Gasteiger charge is 2.27. The van der Waals surface area contributed by atoms with Crippen LogP contribution in [-0.2, 0) is 26.8 Å². The number of carbonyl (C=O) groups excluding carboxylic acids is 1. The Hall–Kier alpha value is -3.48. The van der Waals surface area contributed by atoms with Crippen LogP contribution in [0.1, 0.15) is 15.9 Å². The van der Waals surface area contributed by atoms with Crippen molar-refractivity contribution >= 4 is 43.2 Å². The average molecular weight is 535 g/mol. The van der Waals surface area contributed by atoms with Gasteiger partial charge in [0.25, 0.3) is 5.91 Å². The number of rotatable bonds is 9. The summed E-state index contributed by atoms with van der Waals surface area (Å²) in [5, 5.41) is 2.71. The van der Waals surface area contributed by atoms with Crippen LogP contribution in [0.4, 0.5) is 21.5 Å². The molecule has 0 saturated carbocycles. The van der Waals surface area contributed by atoms with Crippen LogP contribution in [-0.4, -0.2) is 54.4 Å². The van der Waals surface area contributed by atoms with Gasteiger partial charge in [0.15, 0.2) is 0 Å². The van der Waals surface area contributed by atoms with Gasteiger partial charge < -0.3 is 5.32 Å². The lowest BCUT2D eigenvalue weighted by atomic mass is 10.1. The van der Waals surface area contributed by atoms with Crippen molar-refractivity contribution in [1.82, 2.24) is 4.31 Å². The van der Waals surface area contributed by atoms with E-state index in [-0.39, 0.29) is 12.2 Å². The van der Waals surface area contributed by atoms with Gasteiger partial charge in [0, 0.05) is 32.4 Å². The van der Waals surface area contributed by atoms with E-state index in [1.54, 1.807) is 36.4 Å². The summed E-state index contributed by atoms with van der Waals surface area (Å²) < 4.78 is 66.8. The van der Waals surface area contributed by atoms with Gasteiger partial charge in [-0.3, -0.25) is 13.4 Å². The molecule has 0 saturated heterocycles. The van der Waals surface area contributed by atoms with E-state index in [0.29, 0.717) is 22.5 Å². The molecule has 9 nitrogen and oxygen atoms in total. The van der Waals surface area contributed by atoms with E-state index in [2.05, 4.69) is 5.32 Å². The van der Waals surface area contributed by atoms with Crippen molar-refractivity contribution < 1.29 is 26.0 Å². The molecule has 1 amide bonds. The van der Waals surface area contributed by atoms with E-state index in [9.17, 15) is 26.0 Å². The Bertz CT molecular complexity index is 1460. The van der Waals surface area contributed by atoms with Crippen LogP contribution in [0.15, 0.2) is 72.8 Å². The third-order valence-corrected chi connectivity index (χ3v) is 8.38. The Balaban J connectivity index is 1.81. The zero-order chi connectivity index (χ0) is 26.7. The number of nitrogens with one attached hydrogen (secondary N) is 1. The molecular weight excluding hydrogens is 507 g/mol. The standard InChI is InChI=1S/C24H27FN4O5S2/c1-27(2)36(33,34)29(23-11-6-5-10-22(23)25)17-18-12-14-19(15-13-18)24(30)26-20-8-7-9-21(16-20)28(3)35(4,31)32/h5-16H,17H2,1-4H3,(H,26,30). The molecule has 3 aromatic carbocycles. The van der Waals surface area contributed by atoms with Gasteiger partial charge in [-0.2, -0.15) is 12.7 Å². The normalized spacial score (nSPS) is 11.8. The Morgan fingerprint density at radius 1 is 0.889 bits per heavy atom. The number of para-hydroxylation sites is 1. The average Bonchev–Trinajstić information content (AvgIpc) is 2.82. The molecule has 192 valence electrons. The third kappa shape index (κ3) is 6.20. The van der Waals surface area contributed by atoms with Gasteiger partial charge in [-0.05, 0) is 48.0 Å². The largest absolute Gasteiger partial charge is 0.322 e. The van der Waals surface area contributed by atoms with Crippen LogP contribution in [0.25, 0.3) is 0 Å². The molecule has 3 aromatic rings. The molecule has 0 spiro atoms. The first-order valence-corrected chi connectivity index (χ1v) is 13.9. The maximum absolute atomic E-state index is 14.4. The lowest BCUT2D eigenvalue weighted by Gasteiger charge is -2.27. The predicted molar refractivity (Wildman–Crippen MR) is 139 cm³/mol. The van der Waals surface area contributed by atoms with E-state index in [1.165, 1.54) is 57.5 Å². The van der Waals surface area contributed by atoms with Crippen LogP contribution in [0.5, 0.6) is 0 Å². The molecule has 1 N–H and O–H groups in total. The molecule has 0 aliphatic carbocycles. The van der Waals surface area contributed by atoms with E-state index in [0.717, 1.165) is 19.2 Å². The quantitative estimate of drug-likeness (QED) is 0.453. The smallest absolute Gasteiger partial charge is 0.303 e. The number of amides is 1. The topological polar surface area (TPSA) is 107 Å². The van der Waals surface area contributed by atoms with Gasteiger partial charge in [0.1, 0.15) is 5.82 Å². The van der Waals surface area contributed by atoms with Gasteiger partial charge >= 0.3 is 10.2 Å². The first-order valence-electron chi connectivity index (χ1n) is 10.7. The number of benzene rings is 3. The maximum atomic E-state index is 14.4. The minimum Gasteiger partial charge on any atom is -0.322 e. The number of anilines is 3. The van der Waals surface area contributed by atoms with E-state index < -0.39 is 32.0 Å². The zero-order valence-corrected chi connectivity index (χ0v) is 21.8. The summed E-state index contributed by atoms with van der Waals surface area (Å²) in [4.78, 5) is 12.7. The van der Waals surface area contributed by atoms with Gasteiger partial charge in [-0.15, -0.1) is 0 Å². The van der Waals surface area contributed by atoms with Crippen molar-refractivity contribution in [3.05, 3.63) is 89.7 Å². The number of hydrogen-bond donors (Lipinski definition) is 1. The lowest BCUT2D eigenvalue weighted by molar-refractivity contribution is 0.102. The van der Waals surface area contributed by atoms with Gasteiger partial charge in [0.05, 0.1) is 24.2 Å². The Kier molecular flexibility index (Phi) is 8.02. The summed E-state index contributed by atoms with van der Waals surface area (Å²) in [6.45, 7) is -0.150. The fourth-order valence-electron chi connectivity index (χ4n) is 3.24. The molecule has 0 heterocycles. The monoisotopic (exact) mass is 534 g/mol. The highest BCUT2D eigenvalue weighted by Crippen LogP contribution is 2.26. The molecule has 36 heavy (non-hydrogen) atoms. The molecule has 0 fully saturated rings. The second kappa shape index (κ2) is 10.6. The van der Waals surface area contributed by atoms with E-state index in [1.807, 2.05) is 0 Å². The number of carbonyl (C=O) groups is 1. The highest BCUT2D eigenvalue weighted by molar-refractivity contribution is 7.92. The summed E-state index contributed by atoms with van der Waals surface area (Å²) in [5.74, 6) is -1.12. The molecular formula is C24H27FN4O5S2. The highest BCUT2D eigenvalue weighted by atomic mass is 32.2. The maximum Gasteiger partial charge on any atom is 0.303 e. The van der Waals surface area contributed by atoms with Gasteiger partial charge in [0.2, 0.25) is 10.0 Å². The summed E-state index contributed by atoms with van der Waals surface area (Å²) in [5.41, 5.74) is 1.54. The minimum absolute atomic E-state index is 0.0908. The van der Waals surface area contributed by atoms with Crippen LogP contribution >= 0.6 is 0 Å². The van der Waals surface area contributed by atoms with E-state index in [4.69, 9.17) is 0 Å². The fourth-order valence-corrected chi connectivity index (χ4v) is 4.84. The van der Waals surface area contributed by atoms with Crippen molar-refractivity contribution in [1.29, 1.82) is 0 Å². The molecule has 0 atom stereocenters. The minimum atomic E-state index is -4.00. The molecule has 0 unspecified atom stereocenters. The van der Waals surface area contributed by atoms with Crippen molar-refractivity contribution in [2.24, 2.45) is 0 Å². The second-order valence-electron chi connectivity index (χ2n) is 8.18. The van der Waals surface area contributed by atoms with Crippen LogP contribution < -0.4 is 13.9 Å². The summed E-state index contributed by atoms with van der Waals surface area (Å²) in [7, 11) is -3.33. The molecule has 3 rings (SSSR count). The zero-order valence-electron chi connectivity index (χ0n) is 20.2. The number of nitrogens with zero attached hydrogens (tertiary/aromatic N) is 3. The predicted octanol–water partition coefficient (Wildman–Crippen LogP) is 3.29. The van der Waals surface area contributed by atoms with Gasteiger partial charge in [-0.1, -0.05) is 30.3 Å². The van der Waals surface area contributed by atoms with Crippen LogP contribution in [0.2, 0.25) is 0 Å². The fraction of sp³-hybridized carbons (Fsp3) is 0.208.